The molecular formula is C26H34Cl2N2O4. The van der Waals surface area contributed by atoms with Gasteiger partial charge in [-0.25, -0.2) is 0 Å². The number of nitrogens with zero attached hydrogens (tertiary/aromatic N) is 1. The molecule has 0 aliphatic carbocycles. The van der Waals surface area contributed by atoms with Crippen molar-refractivity contribution in [2.24, 2.45) is 0 Å². The molecule has 2 rings (SSSR count). The maximum absolute atomic E-state index is 13.2. The highest BCUT2D eigenvalue weighted by molar-refractivity contribution is 6.42. The Labute approximate surface area is 212 Å². The van der Waals surface area contributed by atoms with Crippen molar-refractivity contribution in [3.63, 3.8) is 0 Å². The first-order chi connectivity index (χ1) is 16.4. The molecule has 0 heterocycles. The number of ether oxygens (including phenoxy) is 2. The summed E-state index contributed by atoms with van der Waals surface area (Å²) in [5, 5.41) is 3.82. The molecule has 0 aliphatic heterocycles. The molecule has 0 bridgehead atoms. The fourth-order valence-electron chi connectivity index (χ4n) is 3.49. The van der Waals surface area contributed by atoms with Crippen molar-refractivity contribution in [1.82, 2.24) is 10.2 Å². The van der Waals surface area contributed by atoms with Crippen molar-refractivity contribution in [3.8, 4) is 11.5 Å². The Morgan fingerprint density at radius 1 is 1.00 bits per heavy atom. The summed E-state index contributed by atoms with van der Waals surface area (Å²) in [7, 11) is 1.61. The number of unbranched alkanes of at least 4 members (excludes halogenated alkanes) is 1. The van der Waals surface area contributed by atoms with Gasteiger partial charge in [0, 0.05) is 19.5 Å². The number of nitrogens with one attached hydrogen (secondary N) is 1. The van der Waals surface area contributed by atoms with Crippen LogP contribution >= 0.6 is 23.2 Å². The Hall–Kier alpha value is -2.44. The van der Waals surface area contributed by atoms with Crippen LogP contribution in [-0.2, 0) is 16.1 Å². The summed E-state index contributed by atoms with van der Waals surface area (Å²) in [4.78, 5) is 27.8. The fraction of sp³-hybridized carbons (Fsp3) is 0.462. The molecular weight excluding hydrogens is 475 g/mol. The maximum atomic E-state index is 13.2. The van der Waals surface area contributed by atoms with E-state index in [1.807, 2.05) is 37.3 Å². The first-order valence-electron chi connectivity index (χ1n) is 11.7. The number of rotatable bonds is 14. The number of hydrogen-bond donors (Lipinski definition) is 1. The Morgan fingerprint density at radius 2 is 1.71 bits per heavy atom. The van der Waals surface area contributed by atoms with E-state index in [0.29, 0.717) is 41.8 Å². The predicted molar refractivity (Wildman–Crippen MR) is 137 cm³/mol. The zero-order chi connectivity index (χ0) is 24.9. The van der Waals surface area contributed by atoms with E-state index in [4.69, 9.17) is 32.7 Å². The quantitative estimate of drug-likeness (QED) is 0.323. The zero-order valence-corrected chi connectivity index (χ0v) is 21.6. The smallest absolute Gasteiger partial charge is 0.242 e. The van der Waals surface area contributed by atoms with E-state index in [9.17, 15) is 9.59 Å². The summed E-state index contributed by atoms with van der Waals surface area (Å²) in [6.07, 6.45) is 3.17. The van der Waals surface area contributed by atoms with E-state index in [0.717, 1.165) is 24.2 Å². The van der Waals surface area contributed by atoms with Gasteiger partial charge in [-0.2, -0.15) is 0 Å². The van der Waals surface area contributed by atoms with Crippen molar-refractivity contribution < 1.29 is 19.1 Å². The van der Waals surface area contributed by atoms with Crippen LogP contribution in [0.2, 0.25) is 10.0 Å². The highest BCUT2D eigenvalue weighted by Gasteiger charge is 2.28. The normalized spacial score (nSPS) is 11.6. The average molecular weight is 509 g/mol. The molecule has 0 saturated heterocycles. The van der Waals surface area contributed by atoms with Crippen LogP contribution < -0.4 is 14.8 Å². The summed E-state index contributed by atoms with van der Waals surface area (Å²) < 4.78 is 10.9. The van der Waals surface area contributed by atoms with Crippen molar-refractivity contribution in [3.05, 3.63) is 58.1 Å². The maximum Gasteiger partial charge on any atom is 0.242 e. The molecule has 0 radical (unpaired) electrons. The third-order valence-corrected chi connectivity index (χ3v) is 6.15. The van der Waals surface area contributed by atoms with Gasteiger partial charge in [-0.15, -0.1) is 0 Å². The third kappa shape index (κ3) is 8.73. The van der Waals surface area contributed by atoms with Gasteiger partial charge in [0.1, 0.15) is 17.5 Å². The van der Waals surface area contributed by atoms with Gasteiger partial charge in [0.05, 0.1) is 23.8 Å². The minimum absolute atomic E-state index is 0.109. The molecule has 0 fully saturated rings. The van der Waals surface area contributed by atoms with E-state index in [-0.39, 0.29) is 24.8 Å². The standard InChI is InChI=1S/C26H34Cl2N2O4/c1-4-6-15-29-26(32)24(5-2)30(18-19-9-14-22(27)23(28)17-19)25(31)8-7-16-34-21-12-10-20(33-3)11-13-21/h9-14,17,24H,4-8,15-16,18H2,1-3H3,(H,29,32)/t24-/m1/s1. The molecule has 8 heteroatoms. The van der Waals surface area contributed by atoms with Crippen LogP contribution in [0.3, 0.4) is 0 Å². The molecule has 34 heavy (non-hydrogen) atoms. The summed E-state index contributed by atoms with van der Waals surface area (Å²) in [6, 6.07) is 12.0. The lowest BCUT2D eigenvalue weighted by atomic mass is 10.1. The molecule has 0 aliphatic rings. The molecule has 186 valence electrons. The molecule has 1 atom stereocenters. The van der Waals surface area contributed by atoms with Gasteiger partial charge in [0.25, 0.3) is 0 Å². The van der Waals surface area contributed by atoms with Gasteiger partial charge >= 0.3 is 0 Å². The molecule has 0 saturated carbocycles. The summed E-state index contributed by atoms with van der Waals surface area (Å²) >= 11 is 12.2. The number of methoxy groups -OCH3 is 1. The summed E-state index contributed by atoms with van der Waals surface area (Å²) in [5.41, 5.74) is 0.817. The molecule has 2 aromatic rings. The van der Waals surface area contributed by atoms with Crippen molar-refractivity contribution in [2.75, 3.05) is 20.3 Å². The van der Waals surface area contributed by atoms with Crippen molar-refractivity contribution in [1.29, 1.82) is 0 Å². The highest BCUT2D eigenvalue weighted by atomic mass is 35.5. The lowest BCUT2D eigenvalue weighted by Gasteiger charge is -2.31. The first-order valence-corrected chi connectivity index (χ1v) is 12.4. The first kappa shape index (κ1) is 27.8. The molecule has 0 unspecified atom stereocenters. The molecule has 1 N–H and O–H groups in total. The van der Waals surface area contributed by atoms with Gasteiger partial charge in [-0.1, -0.05) is 49.5 Å². The van der Waals surface area contributed by atoms with E-state index < -0.39 is 6.04 Å². The number of halogens is 2. The molecule has 0 spiro atoms. The minimum atomic E-state index is -0.568. The topological polar surface area (TPSA) is 67.9 Å². The van der Waals surface area contributed by atoms with Crippen LogP contribution in [0.1, 0.15) is 51.5 Å². The Balaban J connectivity index is 2.05. The Morgan fingerprint density at radius 3 is 2.32 bits per heavy atom. The lowest BCUT2D eigenvalue weighted by Crippen LogP contribution is -2.49. The third-order valence-electron chi connectivity index (χ3n) is 5.42. The average Bonchev–Trinajstić information content (AvgIpc) is 2.84. The SMILES string of the molecule is CCCCNC(=O)[C@@H](CC)N(Cc1ccc(Cl)c(Cl)c1)C(=O)CCCOc1ccc(OC)cc1. The fourth-order valence-corrected chi connectivity index (χ4v) is 3.81. The Kier molecular flexibility index (Phi) is 12.1. The second kappa shape index (κ2) is 14.7. The summed E-state index contributed by atoms with van der Waals surface area (Å²) in [6.45, 7) is 5.23. The summed E-state index contributed by atoms with van der Waals surface area (Å²) in [5.74, 6) is 1.21. The van der Waals surface area contributed by atoms with Crippen LogP contribution in [0, 0.1) is 0 Å². The van der Waals surface area contributed by atoms with Gasteiger partial charge in [0.2, 0.25) is 11.8 Å². The van der Waals surface area contributed by atoms with E-state index in [1.165, 1.54) is 0 Å². The molecule has 2 aromatic carbocycles. The number of benzene rings is 2. The predicted octanol–water partition coefficient (Wildman–Crippen LogP) is 5.88. The van der Waals surface area contributed by atoms with E-state index >= 15 is 0 Å². The number of hydrogen-bond acceptors (Lipinski definition) is 4. The number of carbonyl (C=O) groups is 2. The van der Waals surface area contributed by atoms with Crippen LogP contribution in [0.15, 0.2) is 42.5 Å². The number of amides is 2. The second-order valence-corrected chi connectivity index (χ2v) is 8.78. The van der Waals surface area contributed by atoms with E-state index in [1.54, 1.807) is 24.1 Å². The minimum Gasteiger partial charge on any atom is -0.497 e. The molecule has 2 amide bonds. The largest absolute Gasteiger partial charge is 0.497 e. The van der Waals surface area contributed by atoms with Crippen LogP contribution in [-0.4, -0.2) is 43.0 Å². The lowest BCUT2D eigenvalue weighted by molar-refractivity contribution is -0.141. The van der Waals surface area contributed by atoms with Crippen LogP contribution in [0.25, 0.3) is 0 Å². The highest BCUT2D eigenvalue weighted by Crippen LogP contribution is 2.24. The van der Waals surface area contributed by atoms with E-state index in [2.05, 4.69) is 12.2 Å². The number of carbonyl (C=O) groups excluding carboxylic acids is 2. The Bertz CT molecular complexity index is 922. The molecule has 0 aromatic heterocycles. The zero-order valence-electron chi connectivity index (χ0n) is 20.1. The molecule has 6 nitrogen and oxygen atoms in total. The monoisotopic (exact) mass is 508 g/mol. The second-order valence-electron chi connectivity index (χ2n) is 7.97. The van der Waals surface area contributed by atoms with Gasteiger partial charge in [-0.3, -0.25) is 9.59 Å². The van der Waals surface area contributed by atoms with Gasteiger partial charge in [-0.05, 0) is 61.2 Å². The van der Waals surface area contributed by atoms with Gasteiger partial charge < -0.3 is 19.7 Å². The van der Waals surface area contributed by atoms with Crippen molar-refractivity contribution in [2.45, 2.75) is 58.5 Å². The van der Waals surface area contributed by atoms with Gasteiger partial charge in [0.15, 0.2) is 0 Å². The van der Waals surface area contributed by atoms with Crippen molar-refractivity contribution >= 4 is 35.0 Å². The van der Waals surface area contributed by atoms with Crippen LogP contribution in [0.4, 0.5) is 0 Å². The van der Waals surface area contributed by atoms with Crippen LogP contribution in [0.5, 0.6) is 11.5 Å².